The van der Waals surface area contributed by atoms with E-state index >= 15 is 4.39 Å². The molecule has 0 amide bonds. The number of anilines is 2. The number of benzene rings is 1. The minimum Gasteiger partial charge on any atom is -0.383 e. The Balaban J connectivity index is 1.62. The highest BCUT2D eigenvalue weighted by atomic mass is 19.1. The van der Waals surface area contributed by atoms with Gasteiger partial charge in [0.15, 0.2) is 5.82 Å². The first-order valence-electron chi connectivity index (χ1n) is 11.8. The van der Waals surface area contributed by atoms with E-state index in [0.717, 1.165) is 49.2 Å². The minimum absolute atomic E-state index is 0.263. The van der Waals surface area contributed by atoms with E-state index in [4.69, 9.17) is 9.72 Å². The number of nitrogens with zero attached hydrogens (tertiary/aromatic N) is 4. The average Bonchev–Trinajstić information content (AvgIpc) is 2.85. The van der Waals surface area contributed by atoms with Gasteiger partial charge in [-0.3, -0.25) is 4.98 Å². The number of nitrogens with one attached hydrogen (secondary N) is 2. The van der Waals surface area contributed by atoms with Gasteiger partial charge < -0.3 is 20.3 Å². The van der Waals surface area contributed by atoms with Gasteiger partial charge in [0.1, 0.15) is 11.3 Å². The van der Waals surface area contributed by atoms with Gasteiger partial charge in [0, 0.05) is 44.7 Å². The van der Waals surface area contributed by atoms with Crippen LogP contribution in [0.1, 0.15) is 26.2 Å². The molecule has 1 aromatic carbocycles. The first kappa shape index (κ1) is 23.3. The Morgan fingerprint density at radius 3 is 2.85 bits per heavy atom. The monoisotopic (exact) mass is 452 g/mol. The molecule has 7 nitrogen and oxygen atoms in total. The van der Waals surface area contributed by atoms with Crippen molar-refractivity contribution >= 4 is 22.5 Å². The van der Waals surface area contributed by atoms with Crippen LogP contribution in [-0.2, 0) is 4.74 Å². The van der Waals surface area contributed by atoms with Crippen molar-refractivity contribution < 1.29 is 9.13 Å². The predicted octanol–water partition coefficient (Wildman–Crippen LogP) is 4.11. The van der Waals surface area contributed by atoms with Gasteiger partial charge in [-0.15, -0.1) is 0 Å². The highest BCUT2D eigenvalue weighted by Gasteiger charge is 2.17. The number of hydrogen-bond acceptors (Lipinski definition) is 7. The summed E-state index contributed by atoms with van der Waals surface area (Å²) in [5, 5.41) is 6.93. The van der Waals surface area contributed by atoms with Gasteiger partial charge in [-0.1, -0.05) is 13.0 Å². The van der Waals surface area contributed by atoms with Crippen molar-refractivity contribution in [3.8, 4) is 11.3 Å². The summed E-state index contributed by atoms with van der Waals surface area (Å²) in [6.07, 6.45) is 6.65. The van der Waals surface area contributed by atoms with Crippen LogP contribution in [0.2, 0.25) is 0 Å². The predicted molar refractivity (Wildman–Crippen MR) is 131 cm³/mol. The zero-order valence-electron chi connectivity index (χ0n) is 19.5. The maximum atomic E-state index is 15.2. The molecule has 1 aliphatic rings. The van der Waals surface area contributed by atoms with E-state index in [2.05, 4.69) is 27.5 Å². The highest BCUT2D eigenvalue weighted by Crippen LogP contribution is 2.29. The van der Waals surface area contributed by atoms with Crippen molar-refractivity contribution in [3.63, 3.8) is 0 Å². The lowest BCUT2D eigenvalue weighted by Gasteiger charge is -2.25. The molecule has 2 aromatic heterocycles. The van der Waals surface area contributed by atoms with Crippen LogP contribution in [-0.4, -0.2) is 61.4 Å². The molecule has 1 unspecified atom stereocenters. The largest absolute Gasteiger partial charge is 0.383 e. The molecule has 1 atom stereocenters. The molecule has 8 heteroatoms. The van der Waals surface area contributed by atoms with Crippen LogP contribution >= 0.6 is 0 Å². The number of aromatic nitrogens is 3. The lowest BCUT2D eigenvalue weighted by atomic mass is 10.00. The number of pyridine rings is 1. The lowest BCUT2D eigenvalue weighted by molar-refractivity contribution is 0.205. The summed E-state index contributed by atoms with van der Waals surface area (Å²) in [5.74, 6) is 0.976. The van der Waals surface area contributed by atoms with Crippen molar-refractivity contribution in [2.75, 3.05) is 56.7 Å². The molecule has 3 heterocycles. The second kappa shape index (κ2) is 11.3. The summed E-state index contributed by atoms with van der Waals surface area (Å²) in [4.78, 5) is 15.8. The summed E-state index contributed by atoms with van der Waals surface area (Å²) in [6, 6.07) is 7.19. The van der Waals surface area contributed by atoms with Gasteiger partial charge in [0.2, 0.25) is 0 Å². The fraction of sp³-hybridized carbons (Fsp3) is 0.480. The Morgan fingerprint density at radius 2 is 2.09 bits per heavy atom. The molecular formula is C25H33FN6O. The fourth-order valence-corrected chi connectivity index (χ4v) is 4.33. The smallest absolute Gasteiger partial charge is 0.154 e. The average molecular weight is 453 g/mol. The zero-order valence-corrected chi connectivity index (χ0v) is 19.5. The molecule has 1 fully saturated rings. The summed E-state index contributed by atoms with van der Waals surface area (Å²) < 4.78 is 20.4. The number of rotatable bonds is 10. The van der Waals surface area contributed by atoms with E-state index in [0.29, 0.717) is 36.3 Å². The van der Waals surface area contributed by atoms with Gasteiger partial charge in [-0.05, 0) is 56.5 Å². The molecular weight excluding hydrogens is 419 g/mol. The van der Waals surface area contributed by atoms with Gasteiger partial charge in [0.05, 0.1) is 23.5 Å². The van der Waals surface area contributed by atoms with Crippen LogP contribution in [0, 0.1) is 11.7 Å². The Bertz CT molecular complexity index is 1060. The summed E-state index contributed by atoms with van der Waals surface area (Å²) in [7, 11) is 1.66. The lowest BCUT2D eigenvalue weighted by Crippen LogP contribution is -2.33. The molecule has 0 aliphatic carbocycles. The number of hydrogen-bond donors (Lipinski definition) is 2. The van der Waals surface area contributed by atoms with E-state index in [9.17, 15) is 0 Å². The van der Waals surface area contributed by atoms with Crippen molar-refractivity contribution in [2.45, 2.75) is 26.2 Å². The van der Waals surface area contributed by atoms with Crippen LogP contribution in [0.3, 0.4) is 0 Å². The quantitative estimate of drug-likeness (QED) is 0.480. The Hall–Kier alpha value is -2.84. The van der Waals surface area contributed by atoms with Crippen LogP contribution < -0.4 is 15.5 Å². The topological polar surface area (TPSA) is 75.2 Å². The van der Waals surface area contributed by atoms with Gasteiger partial charge >= 0.3 is 0 Å². The highest BCUT2D eigenvalue weighted by molar-refractivity contribution is 5.88. The second-order valence-corrected chi connectivity index (χ2v) is 8.52. The third kappa shape index (κ3) is 5.75. The molecule has 3 aromatic rings. The number of methoxy groups -OCH3 is 1. The molecule has 0 spiro atoms. The van der Waals surface area contributed by atoms with Crippen LogP contribution in [0.5, 0.6) is 0 Å². The van der Waals surface area contributed by atoms with Crippen molar-refractivity contribution in [1.82, 2.24) is 20.3 Å². The zero-order chi connectivity index (χ0) is 23.0. The van der Waals surface area contributed by atoms with E-state index in [1.165, 1.54) is 12.8 Å². The molecule has 0 radical (unpaired) electrons. The summed E-state index contributed by atoms with van der Waals surface area (Å²) in [6.45, 7) is 6.96. The maximum absolute atomic E-state index is 15.2. The number of piperidine rings is 1. The van der Waals surface area contributed by atoms with Crippen LogP contribution in [0.4, 0.5) is 15.9 Å². The van der Waals surface area contributed by atoms with Crippen molar-refractivity contribution in [2.24, 2.45) is 5.92 Å². The first-order chi connectivity index (χ1) is 16.2. The molecule has 4 rings (SSSR count). The van der Waals surface area contributed by atoms with Crippen molar-refractivity contribution in [3.05, 3.63) is 42.5 Å². The molecule has 0 bridgehead atoms. The van der Waals surface area contributed by atoms with Gasteiger partial charge in [-0.25, -0.2) is 14.4 Å². The standard InChI is InChI=1S/C25H33FN6O/c1-3-11-32(12-13-33-2)23-7-6-19(14-20(23)26)21-15-22-24(29-10-9-28-22)25(31-21)30-17-18-5-4-8-27-16-18/h6-7,9-10,14-15,18,27H,3-5,8,11-13,16-17H2,1-2H3,(H,30,31). The fourth-order valence-electron chi connectivity index (χ4n) is 4.33. The Labute approximate surface area is 194 Å². The third-order valence-corrected chi connectivity index (χ3v) is 6.06. The van der Waals surface area contributed by atoms with E-state index in [1.54, 1.807) is 25.6 Å². The van der Waals surface area contributed by atoms with Crippen LogP contribution in [0.25, 0.3) is 22.3 Å². The summed E-state index contributed by atoms with van der Waals surface area (Å²) >= 11 is 0. The number of ether oxygens (including phenoxy) is 1. The van der Waals surface area contributed by atoms with Crippen LogP contribution in [0.15, 0.2) is 36.7 Å². The number of halogens is 1. The summed E-state index contributed by atoms with van der Waals surface area (Å²) in [5.41, 5.74) is 3.45. The minimum atomic E-state index is -0.263. The molecule has 176 valence electrons. The van der Waals surface area contributed by atoms with E-state index in [-0.39, 0.29) is 5.82 Å². The third-order valence-electron chi connectivity index (χ3n) is 6.06. The molecule has 2 N–H and O–H groups in total. The molecule has 1 aliphatic heterocycles. The SMILES string of the molecule is CCCN(CCOC)c1ccc(-c2cc3nccnc3c(NCC3CCCNC3)n2)cc1F. The second-order valence-electron chi connectivity index (χ2n) is 8.52. The normalized spacial score (nSPS) is 16.2. The van der Waals surface area contributed by atoms with E-state index < -0.39 is 0 Å². The van der Waals surface area contributed by atoms with Gasteiger partial charge in [0.25, 0.3) is 0 Å². The van der Waals surface area contributed by atoms with E-state index in [1.807, 2.05) is 23.1 Å². The maximum Gasteiger partial charge on any atom is 0.154 e. The molecule has 33 heavy (non-hydrogen) atoms. The Kier molecular flexibility index (Phi) is 8.01. The van der Waals surface area contributed by atoms with Crippen molar-refractivity contribution in [1.29, 1.82) is 0 Å². The van der Waals surface area contributed by atoms with Gasteiger partial charge in [-0.2, -0.15) is 0 Å². The molecule has 1 saturated heterocycles. The first-order valence-corrected chi connectivity index (χ1v) is 11.8. The number of fused-ring (bicyclic) bond motifs is 1. The Morgan fingerprint density at radius 1 is 1.21 bits per heavy atom. The molecule has 0 saturated carbocycles.